The van der Waals surface area contributed by atoms with Crippen LogP contribution in [0.25, 0.3) is 0 Å². The third kappa shape index (κ3) is 7.13. The number of phenols is 2. The molecule has 2 nitrogen and oxygen atoms in total. The normalized spacial score (nSPS) is 11.0. The minimum absolute atomic E-state index is 0.0486. The molecule has 0 aliphatic rings. The van der Waals surface area contributed by atoms with Crippen molar-refractivity contribution < 1.29 is 10.2 Å². The van der Waals surface area contributed by atoms with Crippen molar-refractivity contribution >= 4 is 46.4 Å². The average molecular weight is 434 g/mol. The predicted octanol–water partition coefficient (Wildman–Crippen LogP) is 7.64. The van der Waals surface area contributed by atoms with Gasteiger partial charge < -0.3 is 10.2 Å². The molecule has 0 aliphatic carbocycles. The fraction of sp³-hybridized carbons (Fsp3) is 0.200. The van der Waals surface area contributed by atoms with Gasteiger partial charge in [-0.1, -0.05) is 70.7 Å². The minimum atomic E-state index is -0.0486. The molecule has 2 rings (SSSR count). The Kier molecular flexibility index (Phi) is 9.97. The highest BCUT2D eigenvalue weighted by Gasteiger charge is 2.06. The number of hydrogen-bond acceptors (Lipinski definition) is 2. The van der Waals surface area contributed by atoms with Gasteiger partial charge in [0.25, 0.3) is 0 Å². The molecule has 0 bridgehead atoms. The number of allylic oxidation sites excluding steroid dienone is 4. The summed E-state index contributed by atoms with van der Waals surface area (Å²) in [4.78, 5) is 0. The molecule has 0 unspecified atom stereocenters. The second-order valence-corrected chi connectivity index (χ2v) is 7.01. The second-order valence-electron chi connectivity index (χ2n) is 5.35. The molecule has 0 saturated carbocycles. The lowest BCUT2D eigenvalue weighted by Gasteiger charge is -2.04. The van der Waals surface area contributed by atoms with E-state index in [9.17, 15) is 10.2 Å². The van der Waals surface area contributed by atoms with Gasteiger partial charge in [0, 0.05) is 10.6 Å². The number of aromatic hydroxyl groups is 2. The summed E-state index contributed by atoms with van der Waals surface area (Å²) in [5, 5.41) is 20.2. The first-order chi connectivity index (χ1) is 12.3. The molecule has 2 aromatic carbocycles. The topological polar surface area (TPSA) is 40.5 Å². The maximum absolute atomic E-state index is 9.52. The molecular formula is C20H20Cl4O2. The van der Waals surface area contributed by atoms with E-state index in [4.69, 9.17) is 46.4 Å². The SMILES string of the molecule is C/C=C/Cc1cc(Cl)c(O)c(Cl)c1.C/C=C/Cc1cc(Cl)cc(Cl)c1O. The Hall–Kier alpha value is -1.32. The quantitative estimate of drug-likeness (QED) is 0.486. The molecule has 0 amide bonds. The van der Waals surface area contributed by atoms with E-state index in [-0.39, 0.29) is 11.5 Å². The van der Waals surface area contributed by atoms with Crippen molar-refractivity contribution in [3.63, 3.8) is 0 Å². The van der Waals surface area contributed by atoms with Crippen molar-refractivity contribution in [2.75, 3.05) is 0 Å². The lowest BCUT2D eigenvalue weighted by molar-refractivity contribution is 0.470. The first-order valence-electron chi connectivity index (χ1n) is 7.86. The van der Waals surface area contributed by atoms with Crippen LogP contribution in [0.4, 0.5) is 0 Å². The Balaban J connectivity index is 0.000000260. The molecule has 2 aromatic rings. The molecule has 0 fully saturated rings. The Labute approximate surface area is 174 Å². The van der Waals surface area contributed by atoms with E-state index in [1.165, 1.54) is 6.07 Å². The number of halogens is 4. The van der Waals surface area contributed by atoms with Gasteiger partial charge in [0.2, 0.25) is 0 Å². The van der Waals surface area contributed by atoms with Gasteiger partial charge in [-0.15, -0.1) is 0 Å². The highest BCUT2D eigenvalue weighted by atomic mass is 35.5. The molecular weight excluding hydrogens is 414 g/mol. The van der Waals surface area contributed by atoms with Crippen LogP contribution in [-0.4, -0.2) is 10.2 Å². The van der Waals surface area contributed by atoms with Crippen molar-refractivity contribution in [1.29, 1.82) is 0 Å². The van der Waals surface area contributed by atoms with Crippen molar-refractivity contribution in [2.45, 2.75) is 26.7 Å². The van der Waals surface area contributed by atoms with E-state index in [0.717, 1.165) is 17.5 Å². The van der Waals surface area contributed by atoms with Crippen LogP contribution in [0.1, 0.15) is 25.0 Å². The first kappa shape index (κ1) is 22.7. The number of hydrogen-bond donors (Lipinski definition) is 2. The highest BCUT2D eigenvalue weighted by molar-refractivity contribution is 6.37. The lowest BCUT2D eigenvalue weighted by atomic mass is 10.1. The van der Waals surface area contributed by atoms with Crippen LogP contribution in [0.2, 0.25) is 20.1 Å². The Morgan fingerprint density at radius 3 is 1.77 bits per heavy atom. The number of benzene rings is 2. The molecule has 0 aromatic heterocycles. The summed E-state index contributed by atoms with van der Waals surface area (Å²) < 4.78 is 0. The van der Waals surface area contributed by atoms with Gasteiger partial charge in [-0.2, -0.15) is 0 Å². The van der Waals surface area contributed by atoms with Gasteiger partial charge in [0.15, 0.2) is 5.75 Å². The average Bonchev–Trinajstić information content (AvgIpc) is 2.60. The van der Waals surface area contributed by atoms with Crippen molar-refractivity contribution in [2.24, 2.45) is 0 Å². The van der Waals surface area contributed by atoms with Gasteiger partial charge in [0.05, 0.1) is 15.1 Å². The van der Waals surface area contributed by atoms with Gasteiger partial charge in [-0.25, -0.2) is 0 Å². The van der Waals surface area contributed by atoms with Crippen molar-refractivity contribution in [3.8, 4) is 11.5 Å². The maximum Gasteiger partial charge on any atom is 0.152 e. The monoisotopic (exact) mass is 432 g/mol. The minimum Gasteiger partial charge on any atom is -0.506 e. The third-order valence-corrected chi connectivity index (χ3v) is 4.43. The molecule has 0 aliphatic heterocycles. The summed E-state index contributed by atoms with van der Waals surface area (Å²) in [6.07, 6.45) is 9.21. The van der Waals surface area contributed by atoms with Gasteiger partial charge in [-0.3, -0.25) is 0 Å². The number of rotatable bonds is 4. The molecule has 0 spiro atoms. The van der Waals surface area contributed by atoms with Crippen LogP contribution in [-0.2, 0) is 12.8 Å². The van der Waals surface area contributed by atoms with Crippen LogP contribution in [0.5, 0.6) is 11.5 Å². The molecule has 0 saturated heterocycles. The van der Waals surface area contributed by atoms with Gasteiger partial charge in [0.1, 0.15) is 5.75 Å². The smallest absolute Gasteiger partial charge is 0.152 e. The lowest BCUT2D eigenvalue weighted by Crippen LogP contribution is -1.83. The Bertz CT molecular complexity index is 776. The summed E-state index contributed by atoms with van der Waals surface area (Å²) >= 11 is 23.0. The van der Waals surface area contributed by atoms with E-state index in [1.54, 1.807) is 18.2 Å². The van der Waals surface area contributed by atoms with Crippen LogP contribution in [0.15, 0.2) is 48.6 Å². The molecule has 26 heavy (non-hydrogen) atoms. The van der Waals surface area contributed by atoms with Crippen LogP contribution < -0.4 is 0 Å². The zero-order valence-corrected chi connectivity index (χ0v) is 17.5. The molecule has 0 atom stereocenters. The summed E-state index contributed by atoms with van der Waals surface area (Å²) in [5.41, 5.74) is 1.74. The van der Waals surface area contributed by atoms with Gasteiger partial charge >= 0.3 is 0 Å². The van der Waals surface area contributed by atoms with Crippen LogP contribution in [0, 0.1) is 0 Å². The van der Waals surface area contributed by atoms with E-state index in [2.05, 4.69) is 0 Å². The molecule has 2 N–H and O–H groups in total. The number of phenolic OH excluding ortho intramolecular Hbond substituents is 2. The molecule has 0 heterocycles. The molecule has 140 valence electrons. The van der Waals surface area contributed by atoms with E-state index in [1.807, 2.05) is 38.2 Å². The molecule has 0 radical (unpaired) electrons. The summed E-state index contributed by atoms with van der Waals surface area (Å²) in [6.45, 7) is 3.87. The zero-order chi connectivity index (χ0) is 19.7. The van der Waals surface area contributed by atoms with Crippen molar-refractivity contribution in [1.82, 2.24) is 0 Å². The van der Waals surface area contributed by atoms with Crippen LogP contribution in [0.3, 0.4) is 0 Å². The van der Waals surface area contributed by atoms with E-state index >= 15 is 0 Å². The van der Waals surface area contributed by atoms with Gasteiger partial charge in [-0.05, 0) is 56.5 Å². The first-order valence-corrected chi connectivity index (χ1v) is 9.37. The van der Waals surface area contributed by atoms with E-state index in [0.29, 0.717) is 26.5 Å². The predicted molar refractivity (Wildman–Crippen MR) is 113 cm³/mol. The standard InChI is InChI=1S/2C10H10Cl2O/c1-2-3-4-7-5-8(11)6-9(12)10(7)13;1-2-3-4-7-5-8(11)10(13)9(12)6-7/h2*2-3,5-6,13H,4H2,1H3/b2*3-2+. The van der Waals surface area contributed by atoms with E-state index < -0.39 is 0 Å². The molecule has 6 heteroatoms. The fourth-order valence-electron chi connectivity index (χ4n) is 2.01. The largest absolute Gasteiger partial charge is 0.506 e. The Morgan fingerprint density at radius 1 is 0.731 bits per heavy atom. The third-order valence-electron chi connectivity index (χ3n) is 3.35. The summed E-state index contributed by atoms with van der Waals surface area (Å²) in [5.74, 6) is 0.0664. The van der Waals surface area contributed by atoms with Crippen LogP contribution >= 0.6 is 46.4 Å². The fourth-order valence-corrected chi connectivity index (χ4v) is 3.08. The highest BCUT2D eigenvalue weighted by Crippen LogP contribution is 2.33. The zero-order valence-electron chi connectivity index (χ0n) is 14.4. The second kappa shape index (κ2) is 11.4. The summed E-state index contributed by atoms with van der Waals surface area (Å²) in [6, 6.07) is 6.66. The maximum atomic E-state index is 9.52. The van der Waals surface area contributed by atoms with Crippen molar-refractivity contribution in [3.05, 3.63) is 79.8 Å². The summed E-state index contributed by atoms with van der Waals surface area (Å²) in [7, 11) is 0. The Morgan fingerprint density at radius 2 is 1.23 bits per heavy atom.